The molecule has 3 saturated carbocycles. The van der Waals surface area contributed by atoms with Crippen LogP contribution in [0.3, 0.4) is 0 Å². The van der Waals surface area contributed by atoms with E-state index in [1.54, 1.807) is 0 Å². The molecule has 0 amide bonds. The second kappa shape index (κ2) is 6.93. The summed E-state index contributed by atoms with van der Waals surface area (Å²) in [6.45, 7) is 8.27. The van der Waals surface area contributed by atoms with Crippen molar-refractivity contribution >= 4 is 37.8 Å². The van der Waals surface area contributed by atoms with Crippen molar-refractivity contribution in [3.63, 3.8) is 0 Å². The van der Waals surface area contributed by atoms with Gasteiger partial charge in [-0.3, -0.25) is 4.79 Å². The Kier molecular flexibility index (Phi) is 5.34. The van der Waals surface area contributed by atoms with E-state index in [-0.39, 0.29) is 22.4 Å². The summed E-state index contributed by atoms with van der Waals surface area (Å²) in [7, 11) is 0. The number of aliphatic hydroxyl groups excluding tert-OH is 1. The first-order valence-corrected chi connectivity index (χ1v) is 12.6. The molecule has 1 heterocycles. The lowest BCUT2D eigenvalue weighted by molar-refractivity contribution is -0.170. The maximum atomic E-state index is 12.1. The van der Waals surface area contributed by atoms with Crippen LogP contribution in [0.25, 0.3) is 0 Å². The van der Waals surface area contributed by atoms with Crippen molar-refractivity contribution in [1.82, 2.24) is 0 Å². The van der Waals surface area contributed by atoms with E-state index in [1.807, 2.05) is 0 Å². The standard InChI is InChI=1S/C22H34Br2O4/c1-13(25)27-21(9-7-15(23)19(2,3)12-21)11-14-5-10-22-16(24)6-8-20(4,17(14)22)28-18(22)26/h14-18,26H,5-12H2,1-4H3. The van der Waals surface area contributed by atoms with Crippen LogP contribution < -0.4 is 0 Å². The molecule has 1 aliphatic heterocycles. The topological polar surface area (TPSA) is 55.8 Å². The summed E-state index contributed by atoms with van der Waals surface area (Å²) in [6.07, 6.45) is 7.05. The fourth-order valence-electron chi connectivity index (χ4n) is 7.50. The van der Waals surface area contributed by atoms with Crippen molar-refractivity contribution in [3.05, 3.63) is 0 Å². The minimum Gasteiger partial charge on any atom is -0.459 e. The normalized spacial score (nSPS) is 52.3. The summed E-state index contributed by atoms with van der Waals surface area (Å²) >= 11 is 7.75. The zero-order valence-corrected chi connectivity index (χ0v) is 20.6. The quantitative estimate of drug-likeness (QED) is 0.403. The van der Waals surface area contributed by atoms with Crippen molar-refractivity contribution < 1.29 is 19.4 Å². The van der Waals surface area contributed by atoms with Crippen LogP contribution >= 0.6 is 31.9 Å². The van der Waals surface area contributed by atoms with Crippen LogP contribution in [-0.4, -0.2) is 38.2 Å². The summed E-state index contributed by atoms with van der Waals surface area (Å²) in [4.78, 5) is 12.8. The average Bonchev–Trinajstić information content (AvgIpc) is 3.03. The van der Waals surface area contributed by atoms with E-state index in [2.05, 4.69) is 52.6 Å². The van der Waals surface area contributed by atoms with Gasteiger partial charge in [0.1, 0.15) is 5.60 Å². The van der Waals surface area contributed by atoms with Crippen molar-refractivity contribution in [3.8, 4) is 0 Å². The number of carbonyl (C=O) groups is 1. The fourth-order valence-corrected chi connectivity index (χ4v) is 8.86. The predicted octanol–water partition coefficient (Wildman–Crippen LogP) is 5.33. The molecular formula is C22H34Br2O4. The van der Waals surface area contributed by atoms with Crippen LogP contribution in [0.1, 0.15) is 79.1 Å². The third-order valence-corrected chi connectivity index (χ3v) is 11.5. The number of hydrogen-bond donors (Lipinski definition) is 1. The summed E-state index contributed by atoms with van der Waals surface area (Å²) in [5.41, 5.74) is -0.801. The highest BCUT2D eigenvalue weighted by Crippen LogP contribution is 2.69. The lowest BCUT2D eigenvalue weighted by atomic mass is 9.59. The van der Waals surface area contributed by atoms with Gasteiger partial charge in [-0.25, -0.2) is 0 Å². The molecule has 6 heteroatoms. The largest absolute Gasteiger partial charge is 0.459 e. The Hall–Kier alpha value is 0.350. The molecule has 1 N–H and O–H groups in total. The summed E-state index contributed by atoms with van der Waals surface area (Å²) in [5.74, 6) is 0.541. The minimum absolute atomic E-state index is 0.0768. The van der Waals surface area contributed by atoms with E-state index in [1.165, 1.54) is 6.92 Å². The molecule has 28 heavy (non-hydrogen) atoms. The van der Waals surface area contributed by atoms with Crippen LogP contribution in [0.5, 0.6) is 0 Å². The fraction of sp³-hybridized carbons (Fsp3) is 0.955. The molecule has 1 saturated heterocycles. The Labute approximate surface area is 185 Å². The van der Waals surface area contributed by atoms with Crippen molar-refractivity contribution in [2.45, 2.75) is 106 Å². The van der Waals surface area contributed by atoms with Crippen LogP contribution in [0.2, 0.25) is 0 Å². The van der Waals surface area contributed by atoms with Gasteiger partial charge in [0.25, 0.3) is 0 Å². The lowest BCUT2D eigenvalue weighted by Gasteiger charge is -2.50. The Morgan fingerprint density at radius 2 is 1.79 bits per heavy atom. The molecule has 3 aliphatic carbocycles. The van der Waals surface area contributed by atoms with E-state index in [9.17, 15) is 9.90 Å². The average molecular weight is 522 g/mol. The molecule has 8 atom stereocenters. The van der Waals surface area contributed by atoms with Gasteiger partial charge in [-0.1, -0.05) is 45.7 Å². The number of carbonyl (C=O) groups excluding carboxylic acids is 1. The number of esters is 1. The number of hydrogen-bond acceptors (Lipinski definition) is 4. The molecule has 4 rings (SSSR count). The van der Waals surface area contributed by atoms with E-state index in [0.29, 0.717) is 21.5 Å². The van der Waals surface area contributed by atoms with E-state index in [4.69, 9.17) is 9.47 Å². The first-order chi connectivity index (χ1) is 12.9. The van der Waals surface area contributed by atoms with Crippen LogP contribution in [0, 0.1) is 22.7 Å². The third-order valence-electron chi connectivity index (χ3n) is 8.45. The number of rotatable bonds is 3. The molecule has 4 nitrogen and oxygen atoms in total. The van der Waals surface area contributed by atoms with Gasteiger partial charge in [0.05, 0.1) is 5.60 Å². The molecule has 0 spiro atoms. The summed E-state index contributed by atoms with van der Waals surface area (Å²) in [6, 6.07) is 0. The predicted molar refractivity (Wildman–Crippen MR) is 116 cm³/mol. The highest BCUT2D eigenvalue weighted by Gasteiger charge is 2.71. The van der Waals surface area contributed by atoms with Gasteiger partial charge >= 0.3 is 5.97 Å². The monoisotopic (exact) mass is 520 g/mol. The van der Waals surface area contributed by atoms with E-state index >= 15 is 0 Å². The Balaban J connectivity index is 1.64. The molecule has 4 aliphatic rings. The molecule has 8 unspecified atom stereocenters. The first kappa shape index (κ1) is 21.6. The van der Waals surface area contributed by atoms with Gasteiger partial charge in [-0.15, -0.1) is 0 Å². The van der Waals surface area contributed by atoms with Gasteiger partial charge in [-0.05, 0) is 69.6 Å². The van der Waals surface area contributed by atoms with Crippen molar-refractivity contribution in [2.75, 3.05) is 0 Å². The molecular weight excluding hydrogens is 488 g/mol. The molecule has 160 valence electrons. The zero-order chi connectivity index (χ0) is 20.5. The molecule has 0 aromatic heterocycles. The van der Waals surface area contributed by atoms with Crippen molar-refractivity contribution in [2.24, 2.45) is 22.7 Å². The SMILES string of the molecule is CC(=O)OC1(CC2CCC34C(Br)CCC(C)(OC3O)C24)CCC(Br)C(C)(C)C1. The maximum absolute atomic E-state index is 12.1. The Morgan fingerprint density at radius 1 is 1.11 bits per heavy atom. The van der Waals surface area contributed by atoms with Crippen LogP contribution in [-0.2, 0) is 14.3 Å². The molecule has 2 bridgehead atoms. The second-order valence-electron chi connectivity index (χ2n) is 10.8. The summed E-state index contributed by atoms with van der Waals surface area (Å²) < 4.78 is 12.3. The number of alkyl halides is 2. The Bertz CT molecular complexity index is 654. The van der Waals surface area contributed by atoms with Gasteiger partial charge in [0.15, 0.2) is 6.29 Å². The smallest absolute Gasteiger partial charge is 0.303 e. The van der Waals surface area contributed by atoms with Gasteiger partial charge in [-0.2, -0.15) is 0 Å². The maximum Gasteiger partial charge on any atom is 0.303 e. The van der Waals surface area contributed by atoms with Gasteiger partial charge in [0.2, 0.25) is 0 Å². The van der Waals surface area contributed by atoms with E-state index in [0.717, 1.165) is 51.4 Å². The lowest BCUT2D eigenvalue weighted by Crippen LogP contribution is -2.52. The van der Waals surface area contributed by atoms with Crippen LogP contribution in [0.4, 0.5) is 0 Å². The molecule has 0 aromatic rings. The number of halogens is 2. The molecule has 0 radical (unpaired) electrons. The van der Waals surface area contributed by atoms with Gasteiger partial charge < -0.3 is 14.6 Å². The first-order valence-electron chi connectivity index (χ1n) is 10.8. The zero-order valence-electron chi connectivity index (χ0n) is 17.5. The second-order valence-corrected chi connectivity index (χ2v) is 13.0. The number of aliphatic hydroxyl groups is 1. The van der Waals surface area contributed by atoms with Crippen molar-refractivity contribution in [1.29, 1.82) is 0 Å². The highest BCUT2D eigenvalue weighted by molar-refractivity contribution is 9.09. The van der Waals surface area contributed by atoms with Crippen LogP contribution in [0.15, 0.2) is 0 Å². The van der Waals surface area contributed by atoms with Gasteiger partial charge in [0, 0.05) is 27.9 Å². The highest BCUT2D eigenvalue weighted by atomic mass is 79.9. The van der Waals surface area contributed by atoms with E-state index < -0.39 is 11.9 Å². The number of ether oxygens (including phenoxy) is 2. The molecule has 4 fully saturated rings. The minimum atomic E-state index is -0.696. The Morgan fingerprint density at radius 3 is 2.43 bits per heavy atom. The third kappa shape index (κ3) is 3.15. The molecule has 0 aromatic carbocycles. The summed E-state index contributed by atoms with van der Waals surface area (Å²) in [5, 5.41) is 10.9.